The van der Waals surface area contributed by atoms with E-state index >= 15 is 0 Å². The first kappa shape index (κ1) is 33.5. The van der Waals surface area contributed by atoms with E-state index in [1.807, 2.05) is 78.9 Å². The fourth-order valence-corrected chi connectivity index (χ4v) is 9.17. The Balaban J connectivity index is 1.15. The molecule has 0 radical (unpaired) electrons. The van der Waals surface area contributed by atoms with Crippen LogP contribution in [0.25, 0.3) is 22.4 Å². The van der Waals surface area contributed by atoms with E-state index in [-0.39, 0.29) is 35.8 Å². The number of para-hydroxylation sites is 1. The maximum atomic E-state index is 14.3. The molecular formula is C43H44BNO6. The standard InChI is InChI=1S/C43H44BNO6/c46-38-22-20-30(34-18-10-11-19-35(34)38)24-29(28-12-4-1-5-13-28)21-23-39-40-31(27-50-33-16-8-3-9-17-33)25-36-41(37(40)26-44(49)51-39)43(48)45(42(36)47)32-14-6-2-7-15-32/h1,3-5,8-13,16-20,22,24,32,36-37,39,41,46,49H,2,6-7,14-15,21,23,25-27H2/b29-24-/t36-,37+,39-,41-/m1/s1. The summed E-state index contributed by atoms with van der Waals surface area (Å²) >= 11 is 0. The number of benzene rings is 4. The number of allylic oxidation sites excluding steroid dienone is 1. The Bertz CT molecular complexity index is 1970. The lowest BCUT2D eigenvalue weighted by molar-refractivity contribution is -0.143. The summed E-state index contributed by atoms with van der Waals surface area (Å²) in [5, 5.41) is 23.6. The van der Waals surface area contributed by atoms with Crippen LogP contribution in [0.1, 0.15) is 62.5 Å². The number of rotatable bonds is 9. The fraction of sp³-hybridized carbons (Fsp3) is 0.349. The molecule has 0 spiro atoms. The van der Waals surface area contributed by atoms with E-state index in [2.05, 4.69) is 18.2 Å². The predicted octanol–water partition coefficient (Wildman–Crippen LogP) is 8.07. The molecule has 7 nitrogen and oxygen atoms in total. The molecule has 2 aliphatic carbocycles. The molecule has 51 heavy (non-hydrogen) atoms. The lowest BCUT2D eigenvalue weighted by Gasteiger charge is -2.43. The van der Waals surface area contributed by atoms with Crippen molar-refractivity contribution in [2.45, 2.75) is 69.8 Å². The number of phenols is 1. The molecule has 8 heteroatoms. The number of aromatic hydroxyl groups is 1. The number of amides is 2. The Labute approximate surface area is 299 Å². The number of likely N-dealkylation sites (tertiary alicyclic amines) is 1. The lowest BCUT2D eigenvalue weighted by atomic mass is 9.58. The largest absolute Gasteiger partial charge is 0.507 e. The van der Waals surface area contributed by atoms with E-state index in [0.29, 0.717) is 25.9 Å². The van der Waals surface area contributed by atoms with Gasteiger partial charge in [-0.2, -0.15) is 0 Å². The Morgan fingerprint density at radius 1 is 0.843 bits per heavy atom. The van der Waals surface area contributed by atoms with E-state index in [1.165, 1.54) is 0 Å². The molecule has 0 unspecified atom stereocenters. The Hall–Kier alpha value is -4.66. The van der Waals surface area contributed by atoms with Crippen molar-refractivity contribution in [3.63, 3.8) is 0 Å². The minimum atomic E-state index is -1.05. The molecule has 0 bridgehead atoms. The van der Waals surface area contributed by atoms with Crippen molar-refractivity contribution in [1.29, 1.82) is 0 Å². The van der Waals surface area contributed by atoms with Crippen molar-refractivity contribution in [1.82, 2.24) is 4.90 Å². The van der Waals surface area contributed by atoms with Crippen molar-refractivity contribution in [2.24, 2.45) is 17.8 Å². The first-order chi connectivity index (χ1) is 25.0. The number of hydrogen-bond donors (Lipinski definition) is 2. The minimum absolute atomic E-state index is 0.0353. The van der Waals surface area contributed by atoms with Crippen LogP contribution in [-0.2, 0) is 14.2 Å². The van der Waals surface area contributed by atoms with Crippen LogP contribution in [0.2, 0.25) is 6.32 Å². The summed E-state index contributed by atoms with van der Waals surface area (Å²) in [4.78, 5) is 30.0. The zero-order valence-electron chi connectivity index (χ0n) is 28.8. The molecule has 1 saturated carbocycles. The number of fused-ring (bicyclic) bond motifs is 4. The van der Waals surface area contributed by atoms with Crippen LogP contribution >= 0.6 is 0 Å². The summed E-state index contributed by atoms with van der Waals surface area (Å²) in [6, 6.07) is 31.4. The molecule has 4 aromatic rings. The van der Waals surface area contributed by atoms with Crippen molar-refractivity contribution >= 4 is 41.4 Å². The predicted molar refractivity (Wildman–Crippen MR) is 200 cm³/mol. The molecule has 0 aromatic heterocycles. The van der Waals surface area contributed by atoms with E-state index in [9.17, 15) is 19.7 Å². The molecule has 4 atom stereocenters. The van der Waals surface area contributed by atoms with Gasteiger partial charge in [-0.05, 0) is 95.8 Å². The molecule has 2 saturated heterocycles. The molecule has 260 valence electrons. The van der Waals surface area contributed by atoms with E-state index in [1.54, 1.807) is 11.0 Å². The van der Waals surface area contributed by atoms with E-state index in [4.69, 9.17) is 9.39 Å². The van der Waals surface area contributed by atoms with Gasteiger partial charge in [0.15, 0.2) is 0 Å². The van der Waals surface area contributed by atoms with Gasteiger partial charge >= 0.3 is 7.12 Å². The van der Waals surface area contributed by atoms with Gasteiger partial charge in [-0.25, -0.2) is 0 Å². The van der Waals surface area contributed by atoms with Crippen LogP contribution in [0.15, 0.2) is 108 Å². The first-order valence-corrected chi connectivity index (χ1v) is 18.5. The van der Waals surface area contributed by atoms with Crippen molar-refractivity contribution in [3.8, 4) is 11.5 Å². The number of phenolic OH excluding ortho intramolecular Hbond substituents is 1. The average molecular weight is 682 g/mol. The van der Waals surface area contributed by atoms with Gasteiger partial charge in [0.1, 0.15) is 18.1 Å². The highest BCUT2D eigenvalue weighted by Crippen LogP contribution is 2.52. The average Bonchev–Trinajstić information content (AvgIpc) is 3.42. The smallest absolute Gasteiger partial charge is 0.455 e. The van der Waals surface area contributed by atoms with E-state index < -0.39 is 25.1 Å². The van der Waals surface area contributed by atoms with Crippen molar-refractivity contribution < 1.29 is 29.1 Å². The second-order valence-corrected chi connectivity index (χ2v) is 14.6. The molecular weight excluding hydrogens is 637 g/mol. The van der Waals surface area contributed by atoms with Gasteiger partial charge in [0.05, 0.1) is 17.9 Å². The van der Waals surface area contributed by atoms with Crippen LogP contribution in [0, 0.1) is 17.8 Å². The van der Waals surface area contributed by atoms with Gasteiger partial charge in [0.2, 0.25) is 11.8 Å². The van der Waals surface area contributed by atoms with Crippen LogP contribution in [0.4, 0.5) is 0 Å². The molecule has 3 fully saturated rings. The minimum Gasteiger partial charge on any atom is -0.507 e. The summed E-state index contributed by atoms with van der Waals surface area (Å²) in [6.45, 7) is 0.292. The Morgan fingerprint density at radius 2 is 1.55 bits per heavy atom. The van der Waals surface area contributed by atoms with Gasteiger partial charge in [0.25, 0.3) is 0 Å². The van der Waals surface area contributed by atoms with Crippen LogP contribution < -0.4 is 4.74 Å². The third-order valence-corrected chi connectivity index (χ3v) is 11.5. The van der Waals surface area contributed by atoms with Gasteiger partial charge in [0, 0.05) is 11.4 Å². The number of hydrogen-bond acceptors (Lipinski definition) is 6. The van der Waals surface area contributed by atoms with Crippen molar-refractivity contribution in [2.75, 3.05) is 6.61 Å². The molecule has 4 aromatic carbocycles. The van der Waals surface area contributed by atoms with Crippen LogP contribution in [0.5, 0.6) is 11.5 Å². The van der Waals surface area contributed by atoms with E-state index in [0.717, 1.165) is 76.5 Å². The van der Waals surface area contributed by atoms with Crippen LogP contribution in [-0.4, -0.2) is 52.7 Å². The maximum absolute atomic E-state index is 14.3. The molecule has 2 aliphatic heterocycles. The monoisotopic (exact) mass is 681 g/mol. The lowest BCUT2D eigenvalue weighted by Crippen LogP contribution is -2.47. The quantitative estimate of drug-likeness (QED) is 0.0803. The first-order valence-electron chi connectivity index (χ1n) is 18.5. The number of ether oxygens (including phenoxy) is 1. The highest BCUT2D eigenvalue weighted by atomic mass is 16.5. The fourth-order valence-electron chi connectivity index (χ4n) is 9.17. The number of carbonyl (C=O) groups excluding carboxylic acids is 2. The van der Waals surface area contributed by atoms with Gasteiger partial charge in [-0.15, -0.1) is 0 Å². The Kier molecular flexibility index (Phi) is 9.54. The summed E-state index contributed by atoms with van der Waals surface area (Å²) in [6.07, 6.45) is 8.60. The zero-order valence-corrected chi connectivity index (χ0v) is 28.8. The summed E-state index contributed by atoms with van der Waals surface area (Å²) in [7, 11) is -1.05. The topological polar surface area (TPSA) is 96.3 Å². The number of carbonyl (C=O) groups is 2. The van der Waals surface area contributed by atoms with Gasteiger partial charge in [-0.1, -0.05) is 104 Å². The molecule has 4 aliphatic rings. The molecule has 8 rings (SSSR count). The SMILES string of the molecule is O=C1[C@@H]2[C@@H](CC(COc3ccccc3)=C3[C@@H](CC/C(=C/c4ccc(O)c5ccccc45)c4ccccc4)OB(O)C[C@@H]32)C(=O)N1C1CCCCC1. The Morgan fingerprint density at radius 3 is 2.31 bits per heavy atom. The number of nitrogens with zero attached hydrogens (tertiary/aromatic N) is 1. The van der Waals surface area contributed by atoms with Gasteiger partial charge < -0.3 is 19.5 Å². The van der Waals surface area contributed by atoms with Gasteiger partial charge in [-0.3, -0.25) is 14.5 Å². The third kappa shape index (κ3) is 6.63. The highest BCUT2D eigenvalue weighted by Gasteiger charge is 2.58. The highest BCUT2D eigenvalue weighted by molar-refractivity contribution is 6.43. The summed E-state index contributed by atoms with van der Waals surface area (Å²) in [5.74, 6) is -0.387. The number of imide groups is 1. The third-order valence-electron chi connectivity index (χ3n) is 11.5. The molecule has 2 heterocycles. The van der Waals surface area contributed by atoms with Crippen molar-refractivity contribution in [3.05, 3.63) is 119 Å². The molecule has 2 amide bonds. The second kappa shape index (κ2) is 14.5. The molecule has 2 N–H and O–H groups in total. The second-order valence-electron chi connectivity index (χ2n) is 14.6. The maximum Gasteiger partial charge on any atom is 0.455 e. The normalized spacial score (nSPS) is 24.2. The summed E-state index contributed by atoms with van der Waals surface area (Å²) in [5.41, 5.74) is 5.19. The van der Waals surface area contributed by atoms with Crippen LogP contribution in [0.3, 0.4) is 0 Å². The summed E-state index contributed by atoms with van der Waals surface area (Å²) < 4.78 is 12.7. The zero-order chi connectivity index (χ0) is 34.9.